The van der Waals surface area contributed by atoms with Crippen LogP contribution in [0.25, 0.3) is 0 Å². The Hall–Kier alpha value is -1.99. The van der Waals surface area contributed by atoms with E-state index in [2.05, 4.69) is 14.7 Å². The molecule has 0 aliphatic carbocycles. The van der Waals surface area contributed by atoms with Gasteiger partial charge in [-0.05, 0) is 18.2 Å². The highest BCUT2D eigenvalue weighted by Crippen LogP contribution is 2.15. The molecule has 0 unspecified atom stereocenters. The summed E-state index contributed by atoms with van der Waals surface area (Å²) in [4.78, 5) is 7.88. The van der Waals surface area contributed by atoms with E-state index < -0.39 is 10.0 Å². The number of hydrogen-bond donors (Lipinski definition) is 2. The fourth-order valence-electron chi connectivity index (χ4n) is 1.55. The molecule has 19 heavy (non-hydrogen) atoms. The minimum atomic E-state index is -3.63. The van der Waals surface area contributed by atoms with Crippen LogP contribution in [0, 0.1) is 0 Å². The lowest BCUT2D eigenvalue weighted by Gasteiger charge is -2.08. The first-order valence-electron chi connectivity index (χ1n) is 5.68. The van der Waals surface area contributed by atoms with Gasteiger partial charge in [-0.3, -0.25) is 9.97 Å². The predicted molar refractivity (Wildman–Crippen MR) is 71.8 cm³/mol. The molecule has 2 aromatic heterocycles. The highest BCUT2D eigenvalue weighted by molar-refractivity contribution is 7.89. The van der Waals surface area contributed by atoms with Gasteiger partial charge in [-0.1, -0.05) is 6.07 Å². The van der Waals surface area contributed by atoms with Gasteiger partial charge < -0.3 is 5.73 Å². The van der Waals surface area contributed by atoms with Crippen LogP contribution in [0.15, 0.2) is 47.8 Å². The monoisotopic (exact) mass is 278 g/mol. The van der Waals surface area contributed by atoms with Crippen LogP contribution in [0.1, 0.15) is 5.69 Å². The van der Waals surface area contributed by atoms with E-state index in [1.165, 1.54) is 18.5 Å². The van der Waals surface area contributed by atoms with Crippen molar-refractivity contribution in [3.63, 3.8) is 0 Å². The van der Waals surface area contributed by atoms with Gasteiger partial charge in [-0.15, -0.1) is 0 Å². The van der Waals surface area contributed by atoms with Crippen LogP contribution in [0.4, 0.5) is 5.69 Å². The molecule has 0 radical (unpaired) electrons. The van der Waals surface area contributed by atoms with Crippen LogP contribution in [0.5, 0.6) is 0 Å². The Labute approximate surface area is 111 Å². The number of pyridine rings is 2. The number of sulfonamides is 1. The average molecular weight is 278 g/mol. The summed E-state index contributed by atoms with van der Waals surface area (Å²) in [5, 5.41) is 0. The van der Waals surface area contributed by atoms with Gasteiger partial charge in [0.05, 0.1) is 5.69 Å². The number of nitrogens with one attached hydrogen (secondary N) is 1. The topological polar surface area (TPSA) is 98.0 Å². The van der Waals surface area contributed by atoms with Crippen molar-refractivity contribution in [1.29, 1.82) is 0 Å². The van der Waals surface area contributed by atoms with Gasteiger partial charge in [0.1, 0.15) is 4.90 Å². The first-order chi connectivity index (χ1) is 9.09. The Kier molecular flexibility index (Phi) is 4.08. The Balaban J connectivity index is 2.01. The molecule has 7 heteroatoms. The van der Waals surface area contributed by atoms with E-state index in [1.54, 1.807) is 6.20 Å². The van der Waals surface area contributed by atoms with Crippen LogP contribution in [0.2, 0.25) is 0 Å². The number of nitrogens with two attached hydrogens (primary N) is 1. The molecule has 0 aromatic carbocycles. The third-order valence-corrected chi connectivity index (χ3v) is 4.01. The summed E-state index contributed by atoms with van der Waals surface area (Å²) in [5.74, 6) is 0. The molecule has 0 aliphatic heterocycles. The van der Waals surface area contributed by atoms with Crippen LogP contribution >= 0.6 is 0 Å². The second kappa shape index (κ2) is 5.77. The van der Waals surface area contributed by atoms with Gasteiger partial charge in [-0.25, -0.2) is 13.1 Å². The second-order valence-corrected chi connectivity index (χ2v) is 5.62. The van der Waals surface area contributed by atoms with Crippen molar-refractivity contribution in [2.45, 2.75) is 11.3 Å². The van der Waals surface area contributed by atoms with E-state index in [0.717, 1.165) is 5.69 Å². The van der Waals surface area contributed by atoms with Crippen molar-refractivity contribution in [3.05, 3.63) is 48.5 Å². The molecular weight excluding hydrogens is 264 g/mol. The lowest BCUT2D eigenvalue weighted by Crippen LogP contribution is -2.27. The molecule has 2 rings (SSSR count). The highest BCUT2D eigenvalue weighted by atomic mass is 32.2. The normalized spacial score (nSPS) is 11.4. The molecule has 0 fully saturated rings. The van der Waals surface area contributed by atoms with E-state index in [-0.39, 0.29) is 17.1 Å². The lowest BCUT2D eigenvalue weighted by molar-refractivity contribution is 0.581. The van der Waals surface area contributed by atoms with Crippen molar-refractivity contribution in [1.82, 2.24) is 14.7 Å². The summed E-state index contributed by atoms with van der Waals surface area (Å²) < 4.78 is 26.5. The summed E-state index contributed by atoms with van der Waals surface area (Å²) >= 11 is 0. The number of anilines is 1. The Morgan fingerprint density at radius 1 is 1.21 bits per heavy atom. The maximum absolute atomic E-state index is 12.0. The zero-order valence-electron chi connectivity index (χ0n) is 10.2. The zero-order chi connectivity index (χ0) is 13.7. The van der Waals surface area contributed by atoms with Gasteiger partial charge >= 0.3 is 0 Å². The number of hydrogen-bond acceptors (Lipinski definition) is 5. The van der Waals surface area contributed by atoms with Gasteiger partial charge in [0.15, 0.2) is 0 Å². The summed E-state index contributed by atoms with van der Waals surface area (Å²) in [7, 11) is -3.63. The quantitative estimate of drug-likeness (QED) is 0.833. The van der Waals surface area contributed by atoms with Crippen molar-refractivity contribution in [2.24, 2.45) is 0 Å². The van der Waals surface area contributed by atoms with Crippen molar-refractivity contribution >= 4 is 15.7 Å². The van der Waals surface area contributed by atoms with Gasteiger partial charge in [0.25, 0.3) is 0 Å². The molecule has 0 saturated heterocycles. The van der Waals surface area contributed by atoms with Gasteiger partial charge in [0, 0.05) is 37.3 Å². The Bertz CT molecular complexity index is 644. The molecule has 100 valence electrons. The summed E-state index contributed by atoms with van der Waals surface area (Å²) in [5.41, 5.74) is 6.62. The number of nitrogen functional groups attached to an aromatic ring is 1. The summed E-state index contributed by atoms with van der Waals surface area (Å²) in [6.07, 6.45) is 4.86. The lowest BCUT2D eigenvalue weighted by atomic mass is 10.3. The molecule has 0 amide bonds. The molecule has 0 atom stereocenters. The molecule has 0 bridgehead atoms. The largest absolute Gasteiger partial charge is 0.398 e. The van der Waals surface area contributed by atoms with Gasteiger partial charge in [0.2, 0.25) is 10.0 Å². The molecular formula is C12H14N4O2S. The van der Waals surface area contributed by atoms with E-state index in [9.17, 15) is 8.42 Å². The Morgan fingerprint density at radius 2 is 2.05 bits per heavy atom. The maximum Gasteiger partial charge on any atom is 0.244 e. The molecule has 0 aliphatic rings. The molecule has 6 nitrogen and oxygen atoms in total. The van der Waals surface area contributed by atoms with E-state index in [4.69, 9.17) is 5.73 Å². The molecule has 0 spiro atoms. The minimum Gasteiger partial charge on any atom is -0.398 e. The van der Waals surface area contributed by atoms with Crippen molar-refractivity contribution in [2.75, 3.05) is 12.3 Å². The highest BCUT2D eigenvalue weighted by Gasteiger charge is 2.16. The standard InChI is InChI=1S/C12H14N4O2S/c13-11-5-7-14-9-12(11)19(17,18)16-8-4-10-3-1-2-6-15-10/h1-3,5-7,9,16H,4,8H2,(H2,13,14). The first kappa shape index (κ1) is 13.4. The number of rotatable bonds is 5. The molecule has 3 N–H and O–H groups in total. The van der Waals surface area contributed by atoms with E-state index >= 15 is 0 Å². The molecule has 2 aromatic rings. The average Bonchev–Trinajstić information content (AvgIpc) is 2.40. The predicted octanol–water partition coefficient (Wildman–Crippen LogP) is 0.580. The smallest absolute Gasteiger partial charge is 0.244 e. The van der Waals surface area contributed by atoms with Crippen molar-refractivity contribution in [3.8, 4) is 0 Å². The SMILES string of the molecule is Nc1ccncc1S(=O)(=O)NCCc1ccccn1. The van der Waals surface area contributed by atoms with Crippen molar-refractivity contribution < 1.29 is 8.42 Å². The zero-order valence-corrected chi connectivity index (χ0v) is 11.0. The first-order valence-corrected chi connectivity index (χ1v) is 7.17. The summed E-state index contributed by atoms with van der Waals surface area (Å²) in [6, 6.07) is 6.96. The van der Waals surface area contributed by atoms with Crippen LogP contribution in [0.3, 0.4) is 0 Å². The number of nitrogens with zero attached hydrogens (tertiary/aromatic N) is 2. The Morgan fingerprint density at radius 3 is 2.74 bits per heavy atom. The van der Waals surface area contributed by atoms with Crippen LogP contribution in [-0.4, -0.2) is 24.9 Å². The minimum absolute atomic E-state index is 0.00368. The fraction of sp³-hybridized carbons (Fsp3) is 0.167. The third-order valence-electron chi connectivity index (χ3n) is 2.51. The second-order valence-electron chi connectivity index (χ2n) is 3.88. The molecule has 0 saturated carbocycles. The number of aromatic nitrogens is 2. The van der Waals surface area contributed by atoms with Crippen LogP contribution < -0.4 is 10.5 Å². The van der Waals surface area contributed by atoms with E-state index in [1.807, 2.05) is 18.2 Å². The van der Waals surface area contributed by atoms with E-state index in [0.29, 0.717) is 6.42 Å². The maximum atomic E-state index is 12.0. The van der Waals surface area contributed by atoms with Crippen LogP contribution in [-0.2, 0) is 16.4 Å². The fourth-order valence-corrected chi connectivity index (χ4v) is 2.66. The summed E-state index contributed by atoms with van der Waals surface area (Å²) in [6.45, 7) is 0.258. The van der Waals surface area contributed by atoms with Gasteiger partial charge in [-0.2, -0.15) is 0 Å². The third kappa shape index (κ3) is 3.49. The molecule has 2 heterocycles.